The van der Waals surface area contributed by atoms with E-state index in [1.54, 1.807) is 35.6 Å². The summed E-state index contributed by atoms with van der Waals surface area (Å²) in [4.78, 5) is 29.8. The van der Waals surface area contributed by atoms with E-state index in [1.807, 2.05) is 44.2 Å². The van der Waals surface area contributed by atoms with E-state index in [1.165, 1.54) is 0 Å². The van der Waals surface area contributed by atoms with Crippen LogP contribution in [0.2, 0.25) is 0 Å². The number of aromatic nitrogens is 1. The summed E-state index contributed by atoms with van der Waals surface area (Å²) in [5.74, 6) is -0.406. The van der Waals surface area contributed by atoms with Gasteiger partial charge in [-0.05, 0) is 30.2 Å². The zero-order valence-electron chi connectivity index (χ0n) is 15.4. The Kier molecular flexibility index (Phi) is 6.19. The summed E-state index contributed by atoms with van der Waals surface area (Å²) >= 11 is 1.56. The molecule has 5 nitrogen and oxygen atoms in total. The van der Waals surface area contributed by atoms with Crippen LogP contribution in [0.3, 0.4) is 0 Å². The van der Waals surface area contributed by atoms with E-state index in [0.717, 1.165) is 21.6 Å². The minimum absolute atomic E-state index is 0.0213. The number of rotatable bonds is 7. The topological polar surface area (TPSA) is 71.1 Å². The molecule has 0 aliphatic rings. The van der Waals surface area contributed by atoms with Crippen molar-refractivity contribution in [2.45, 2.75) is 32.9 Å². The lowest BCUT2D eigenvalue weighted by molar-refractivity contribution is -0.124. The fourth-order valence-electron chi connectivity index (χ4n) is 2.78. The average Bonchev–Trinajstić information content (AvgIpc) is 3.13. The van der Waals surface area contributed by atoms with Crippen molar-refractivity contribution in [1.29, 1.82) is 0 Å². The minimum Gasteiger partial charge on any atom is -0.348 e. The van der Waals surface area contributed by atoms with Gasteiger partial charge in [0.15, 0.2) is 0 Å². The number of nitrogens with one attached hydrogen (secondary N) is 2. The van der Waals surface area contributed by atoms with Crippen molar-refractivity contribution in [2.75, 3.05) is 0 Å². The van der Waals surface area contributed by atoms with Crippen molar-refractivity contribution >= 4 is 33.4 Å². The molecule has 0 saturated carbocycles. The number of hydrogen-bond acceptors (Lipinski definition) is 4. The predicted molar refractivity (Wildman–Crippen MR) is 109 cm³/mol. The van der Waals surface area contributed by atoms with Gasteiger partial charge in [-0.25, -0.2) is 4.98 Å². The van der Waals surface area contributed by atoms with Crippen LogP contribution in [0.15, 0.2) is 54.6 Å². The molecule has 2 aromatic carbocycles. The summed E-state index contributed by atoms with van der Waals surface area (Å²) in [7, 11) is 0. The van der Waals surface area contributed by atoms with Crippen LogP contribution in [-0.2, 0) is 11.3 Å². The van der Waals surface area contributed by atoms with Crippen molar-refractivity contribution in [3.05, 3.63) is 65.2 Å². The number of thiazole rings is 1. The molecule has 0 aliphatic heterocycles. The molecule has 2 amide bonds. The van der Waals surface area contributed by atoms with Gasteiger partial charge in [0.05, 0.1) is 16.8 Å². The van der Waals surface area contributed by atoms with Crippen LogP contribution in [0.25, 0.3) is 10.2 Å². The Labute approximate surface area is 162 Å². The third kappa shape index (κ3) is 4.71. The molecule has 1 aromatic heterocycles. The Hall–Kier alpha value is -2.73. The highest BCUT2D eigenvalue weighted by Crippen LogP contribution is 2.21. The molecule has 0 radical (unpaired) electrons. The summed E-state index contributed by atoms with van der Waals surface area (Å²) in [6.45, 7) is 4.33. The van der Waals surface area contributed by atoms with E-state index in [0.29, 0.717) is 12.1 Å². The zero-order chi connectivity index (χ0) is 19.2. The van der Waals surface area contributed by atoms with E-state index >= 15 is 0 Å². The molecule has 0 spiro atoms. The highest BCUT2D eigenvalue weighted by Gasteiger charge is 2.26. The molecular weight excluding hydrogens is 358 g/mol. The van der Waals surface area contributed by atoms with Gasteiger partial charge in [0.25, 0.3) is 5.91 Å². The quantitative estimate of drug-likeness (QED) is 0.655. The molecule has 3 rings (SSSR count). The Morgan fingerprint density at radius 2 is 1.78 bits per heavy atom. The molecule has 27 heavy (non-hydrogen) atoms. The first-order valence-corrected chi connectivity index (χ1v) is 9.88. The number of para-hydroxylation sites is 1. The van der Waals surface area contributed by atoms with E-state index in [2.05, 4.69) is 15.6 Å². The molecule has 0 fully saturated rings. The largest absolute Gasteiger partial charge is 0.348 e. The summed E-state index contributed by atoms with van der Waals surface area (Å²) < 4.78 is 1.10. The number of hydrogen-bond donors (Lipinski definition) is 2. The maximum Gasteiger partial charge on any atom is 0.251 e. The summed E-state index contributed by atoms with van der Waals surface area (Å²) in [5.41, 5.74) is 1.48. The van der Waals surface area contributed by atoms with Gasteiger partial charge < -0.3 is 10.6 Å². The molecular formula is C21H23N3O2S. The van der Waals surface area contributed by atoms with Gasteiger partial charge in [-0.3, -0.25) is 9.59 Å². The van der Waals surface area contributed by atoms with Gasteiger partial charge in [-0.15, -0.1) is 11.3 Å². The lowest BCUT2D eigenvalue weighted by Crippen LogP contribution is -2.50. The maximum absolute atomic E-state index is 12.7. The van der Waals surface area contributed by atoms with Crippen molar-refractivity contribution in [3.63, 3.8) is 0 Å². The predicted octanol–water partition coefficient (Wildman–Crippen LogP) is 3.76. The fourth-order valence-corrected chi connectivity index (χ4v) is 3.69. The van der Waals surface area contributed by atoms with Crippen molar-refractivity contribution in [2.24, 2.45) is 5.92 Å². The number of nitrogens with zero attached hydrogens (tertiary/aromatic N) is 1. The number of benzene rings is 2. The van der Waals surface area contributed by atoms with Crippen LogP contribution in [0, 0.1) is 5.92 Å². The summed E-state index contributed by atoms with van der Waals surface area (Å²) in [6, 6.07) is 16.2. The van der Waals surface area contributed by atoms with E-state index in [-0.39, 0.29) is 17.7 Å². The summed E-state index contributed by atoms with van der Waals surface area (Å²) in [5, 5.41) is 6.65. The van der Waals surface area contributed by atoms with Crippen molar-refractivity contribution in [1.82, 2.24) is 15.6 Å². The number of carbonyl (C=O) groups excluding carboxylic acids is 2. The lowest BCUT2D eigenvalue weighted by Gasteiger charge is -2.23. The lowest BCUT2D eigenvalue weighted by atomic mass is 9.98. The van der Waals surface area contributed by atoms with E-state index in [9.17, 15) is 9.59 Å². The van der Waals surface area contributed by atoms with Gasteiger partial charge in [0.1, 0.15) is 11.0 Å². The normalized spacial score (nSPS) is 13.1. The molecule has 140 valence electrons. The molecule has 6 heteroatoms. The van der Waals surface area contributed by atoms with Crippen molar-refractivity contribution < 1.29 is 9.59 Å². The molecule has 0 saturated heterocycles. The third-order valence-corrected chi connectivity index (χ3v) is 5.61. The Morgan fingerprint density at radius 3 is 2.48 bits per heavy atom. The Bertz CT molecular complexity index is 890. The van der Waals surface area contributed by atoms with Gasteiger partial charge in [0.2, 0.25) is 5.91 Å². The monoisotopic (exact) mass is 381 g/mol. The highest BCUT2D eigenvalue weighted by molar-refractivity contribution is 7.18. The number of fused-ring (bicyclic) bond motifs is 1. The molecule has 0 unspecified atom stereocenters. The molecule has 0 bridgehead atoms. The number of amides is 2. The second-order valence-electron chi connectivity index (χ2n) is 6.50. The minimum atomic E-state index is -0.586. The highest BCUT2D eigenvalue weighted by atomic mass is 32.1. The van der Waals surface area contributed by atoms with Crippen LogP contribution in [-0.4, -0.2) is 22.8 Å². The standard InChI is InChI=1S/C21H23N3O2S/c1-3-14(2)19(24-20(25)15-9-5-4-6-10-15)21(26)22-13-18-23-16-11-7-8-12-17(16)27-18/h4-12,14,19H,3,13H2,1-2H3,(H,22,26)(H,24,25)/t14-,19-/m0/s1. The molecule has 1 heterocycles. The molecule has 3 aromatic rings. The van der Waals surface area contributed by atoms with Gasteiger partial charge in [-0.1, -0.05) is 50.6 Å². The van der Waals surface area contributed by atoms with Crippen molar-refractivity contribution in [3.8, 4) is 0 Å². The average molecular weight is 382 g/mol. The first-order chi connectivity index (χ1) is 13.1. The summed E-state index contributed by atoms with van der Waals surface area (Å²) in [6.07, 6.45) is 0.786. The van der Waals surface area contributed by atoms with Gasteiger partial charge >= 0.3 is 0 Å². The SMILES string of the molecule is CC[C@H](C)[C@H](NC(=O)c1ccccc1)C(=O)NCc1nc2ccccc2s1. The molecule has 0 aliphatic carbocycles. The van der Waals surface area contributed by atoms with Crippen LogP contribution in [0.1, 0.15) is 35.6 Å². The molecule has 2 N–H and O–H groups in total. The van der Waals surface area contributed by atoms with Crippen LogP contribution in [0.4, 0.5) is 0 Å². The smallest absolute Gasteiger partial charge is 0.251 e. The first kappa shape index (κ1) is 19.0. The van der Waals surface area contributed by atoms with Gasteiger partial charge in [0, 0.05) is 5.56 Å². The van der Waals surface area contributed by atoms with E-state index in [4.69, 9.17) is 0 Å². The fraction of sp³-hybridized carbons (Fsp3) is 0.286. The maximum atomic E-state index is 12.7. The Balaban J connectivity index is 1.66. The van der Waals surface area contributed by atoms with Crippen LogP contribution >= 0.6 is 11.3 Å². The number of carbonyl (C=O) groups is 2. The zero-order valence-corrected chi connectivity index (χ0v) is 16.3. The molecule has 2 atom stereocenters. The van der Waals surface area contributed by atoms with Gasteiger partial charge in [-0.2, -0.15) is 0 Å². The van der Waals surface area contributed by atoms with Crippen LogP contribution in [0.5, 0.6) is 0 Å². The second-order valence-corrected chi connectivity index (χ2v) is 7.61. The van der Waals surface area contributed by atoms with E-state index < -0.39 is 6.04 Å². The second kappa shape index (κ2) is 8.77. The first-order valence-electron chi connectivity index (χ1n) is 9.06. The van der Waals surface area contributed by atoms with Crippen LogP contribution < -0.4 is 10.6 Å². The third-order valence-electron chi connectivity index (χ3n) is 4.57. The Morgan fingerprint density at radius 1 is 1.07 bits per heavy atom.